The van der Waals surface area contributed by atoms with Crippen LogP contribution < -0.4 is 4.74 Å². The fourth-order valence-corrected chi connectivity index (χ4v) is 3.34. The molecule has 0 bridgehead atoms. The normalized spacial score (nSPS) is 14.2. The van der Waals surface area contributed by atoms with E-state index < -0.39 is 10.9 Å². The molecular formula is C22H25N3O6. The molecule has 0 aliphatic carbocycles. The maximum absolute atomic E-state index is 12.9. The molecule has 0 unspecified atom stereocenters. The molecule has 1 heterocycles. The van der Waals surface area contributed by atoms with Gasteiger partial charge < -0.3 is 14.4 Å². The molecule has 9 nitrogen and oxygen atoms in total. The number of ether oxygens (including phenoxy) is 2. The van der Waals surface area contributed by atoms with E-state index >= 15 is 0 Å². The highest BCUT2D eigenvalue weighted by atomic mass is 16.6. The van der Waals surface area contributed by atoms with Crippen molar-refractivity contribution in [3.05, 3.63) is 69.8 Å². The van der Waals surface area contributed by atoms with Crippen molar-refractivity contribution in [3.8, 4) is 5.75 Å². The molecule has 2 aromatic rings. The summed E-state index contributed by atoms with van der Waals surface area (Å²) in [5.41, 5.74) is -0.209. The SMILES string of the molecule is CCOC(=O)c1cc(C(=O)N2CCN(CCOc3ccccc3)CC2)cc([N+](=O)[O-])c1. The molecule has 0 N–H and O–H groups in total. The van der Waals surface area contributed by atoms with Gasteiger partial charge in [0.15, 0.2) is 0 Å². The van der Waals surface area contributed by atoms with Gasteiger partial charge in [-0.15, -0.1) is 0 Å². The molecule has 1 amide bonds. The third-order valence-corrected chi connectivity index (χ3v) is 4.97. The number of hydrogen-bond acceptors (Lipinski definition) is 7. The second kappa shape index (κ2) is 10.5. The number of para-hydroxylation sites is 1. The third-order valence-electron chi connectivity index (χ3n) is 4.97. The van der Waals surface area contributed by atoms with Crippen LogP contribution >= 0.6 is 0 Å². The third kappa shape index (κ3) is 6.02. The summed E-state index contributed by atoms with van der Waals surface area (Å²) >= 11 is 0. The summed E-state index contributed by atoms with van der Waals surface area (Å²) in [6.45, 7) is 5.38. The summed E-state index contributed by atoms with van der Waals surface area (Å²) in [7, 11) is 0. The first kappa shape index (κ1) is 22.2. The number of benzene rings is 2. The van der Waals surface area contributed by atoms with E-state index in [4.69, 9.17) is 9.47 Å². The Kier molecular flexibility index (Phi) is 7.55. The van der Waals surface area contributed by atoms with Crippen LogP contribution in [0.3, 0.4) is 0 Å². The van der Waals surface area contributed by atoms with Crippen molar-refractivity contribution in [2.75, 3.05) is 45.9 Å². The highest BCUT2D eigenvalue weighted by Gasteiger charge is 2.25. The minimum Gasteiger partial charge on any atom is -0.492 e. The van der Waals surface area contributed by atoms with Gasteiger partial charge in [0.2, 0.25) is 0 Å². The molecule has 0 atom stereocenters. The van der Waals surface area contributed by atoms with Gasteiger partial charge in [-0.2, -0.15) is 0 Å². The van der Waals surface area contributed by atoms with E-state index in [1.165, 1.54) is 12.1 Å². The van der Waals surface area contributed by atoms with Crippen LogP contribution in [0.2, 0.25) is 0 Å². The number of carbonyl (C=O) groups is 2. The van der Waals surface area contributed by atoms with Crippen LogP contribution in [0.4, 0.5) is 5.69 Å². The van der Waals surface area contributed by atoms with E-state index in [0.717, 1.165) is 18.4 Å². The van der Waals surface area contributed by atoms with Gasteiger partial charge in [-0.1, -0.05) is 18.2 Å². The van der Waals surface area contributed by atoms with Crippen LogP contribution in [0.15, 0.2) is 48.5 Å². The van der Waals surface area contributed by atoms with Crippen LogP contribution in [0.1, 0.15) is 27.6 Å². The topological polar surface area (TPSA) is 102 Å². The van der Waals surface area contributed by atoms with Gasteiger partial charge >= 0.3 is 5.97 Å². The van der Waals surface area contributed by atoms with Crippen LogP contribution in [0.5, 0.6) is 5.75 Å². The Balaban J connectivity index is 1.58. The Bertz CT molecular complexity index is 926. The zero-order valence-corrected chi connectivity index (χ0v) is 17.4. The van der Waals surface area contributed by atoms with Gasteiger partial charge in [-0.3, -0.25) is 19.8 Å². The van der Waals surface area contributed by atoms with Gasteiger partial charge in [0.05, 0.1) is 17.1 Å². The Morgan fingerprint density at radius 3 is 2.35 bits per heavy atom. The maximum atomic E-state index is 12.9. The minimum absolute atomic E-state index is 0.00361. The van der Waals surface area contributed by atoms with Gasteiger partial charge in [0, 0.05) is 50.4 Å². The molecule has 164 valence electrons. The molecule has 1 saturated heterocycles. The van der Waals surface area contributed by atoms with Crippen molar-refractivity contribution in [1.82, 2.24) is 9.80 Å². The predicted octanol–water partition coefficient (Wildman–Crippen LogP) is 2.61. The number of nitro benzene ring substituents is 1. The molecule has 0 spiro atoms. The van der Waals surface area contributed by atoms with Crippen molar-refractivity contribution in [1.29, 1.82) is 0 Å². The lowest BCUT2D eigenvalue weighted by molar-refractivity contribution is -0.384. The van der Waals surface area contributed by atoms with Crippen molar-refractivity contribution < 1.29 is 24.0 Å². The van der Waals surface area contributed by atoms with Crippen molar-refractivity contribution >= 4 is 17.6 Å². The first-order valence-corrected chi connectivity index (χ1v) is 10.1. The van der Waals surface area contributed by atoms with E-state index in [0.29, 0.717) is 32.8 Å². The molecular weight excluding hydrogens is 402 g/mol. The highest BCUT2D eigenvalue weighted by Crippen LogP contribution is 2.20. The smallest absolute Gasteiger partial charge is 0.338 e. The average Bonchev–Trinajstić information content (AvgIpc) is 2.79. The van der Waals surface area contributed by atoms with Crippen LogP contribution in [-0.4, -0.2) is 72.5 Å². The average molecular weight is 427 g/mol. The number of esters is 1. The Hall–Kier alpha value is -3.46. The van der Waals surface area contributed by atoms with Crippen LogP contribution in [0.25, 0.3) is 0 Å². The lowest BCUT2D eigenvalue weighted by Gasteiger charge is -2.34. The first-order chi connectivity index (χ1) is 15.0. The second-order valence-corrected chi connectivity index (χ2v) is 7.04. The molecule has 3 rings (SSSR count). The molecule has 0 saturated carbocycles. The number of hydrogen-bond donors (Lipinski definition) is 0. The van der Waals surface area contributed by atoms with Crippen molar-refractivity contribution in [2.45, 2.75) is 6.92 Å². The summed E-state index contributed by atoms with van der Waals surface area (Å²) in [6.07, 6.45) is 0. The monoisotopic (exact) mass is 427 g/mol. The molecule has 1 aliphatic rings. The molecule has 0 aromatic heterocycles. The van der Waals surface area contributed by atoms with E-state index in [1.54, 1.807) is 11.8 Å². The van der Waals surface area contributed by atoms with Gasteiger partial charge in [-0.25, -0.2) is 4.79 Å². The fraction of sp³-hybridized carbons (Fsp3) is 0.364. The highest BCUT2D eigenvalue weighted by molar-refractivity contribution is 5.99. The summed E-state index contributed by atoms with van der Waals surface area (Å²) in [5.74, 6) is -0.211. The number of nitrogens with zero attached hydrogens (tertiary/aromatic N) is 3. The number of piperazine rings is 1. The predicted molar refractivity (Wildman–Crippen MR) is 113 cm³/mol. The zero-order valence-electron chi connectivity index (χ0n) is 17.4. The minimum atomic E-state index is -0.691. The molecule has 2 aromatic carbocycles. The Morgan fingerprint density at radius 1 is 1.03 bits per heavy atom. The molecule has 1 aliphatic heterocycles. The maximum Gasteiger partial charge on any atom is 0.338 e. The Labute approximate surface area is 180 Å². The van der Waals surface area contributed by atoms with Crippen molar-refractivity contribution in [3.63, 3.8) is 0 Å². The number of non-ortho nitro benzene ring substituents is 1. The summed E-state index contributed by atoms with van der Waals surface area (Å²) in [6, 6.07) is 13.3. The van der Waals surface area contributed by atoms with E-state index in [1.807, 2.05) is 30.3 Å². The van der Waals surface area contributed by atoms with Crippen molar-refractivity contribution in [2.24, 2.45) is 0 Å². The second-order valence-electron chi connectivity index (χ2n) is 7.04. The fourth-order valence-electron chi connectivity index (χ4n) is 3.34. The lowest BCUT2D eigenvalue weighted by Crippen LogP contribution is -2.49. The molecule has 31 heavy (non-hydrogen) atoms. The van der Waals surface area contributed by atoms with Gasteiger partial charge in [0.1, 0.15) is 12.4 Å². The quantitative estimate of drug-likeness (QED) is 0.362. The Morgan fingerprint density at radius 2 is 1.71 bits per heavy atom. The standard InChI is InChI=1S/C22H25N3O6/c1-2-30-22(27)18-14-17(15-19(16-18)25(28)29)21(26)24-10-8-23(9-11-24)12-13-31-20-6-4-3-5-7-20/h3-7,14-16H,2,8-13H2,1H3. The van der Waals surface area contributed by atoms with E-state index in [-0.39, 0.29) is 29.3 Å². The van der Waals surface area contributed by atoms with Gasteiger partial charge in [-0.05, 0) is 25.1 Å². The zero-order chi connectivity index (χ0) is 22.2. The molecule has 0 radical (unpaired) electrons. The number of nitro groups is 1. The molecule has 1 fully saturated rings. The van der Waals surface area contributed by atoms with Crippen LogP contribution in [-0.2, 0) is 4.74 Å². The summed E-state index contributed by atoms with van der Waals surface area (Å²) in [4.78, 5) is 39.4. The molecule has 9 heteroatoms. The first-order valence-electron chi connectivity index (χ1n) is 10.1. The largest absolute Gasteiger partial charge is 0.492 e. The van der Waals surface area contributed by atoms with Gasteiger partial charge in [0.25, 0.3) is 11.6 Å². The van der Waals surface area contributed by atoms with E-state index in [9.17, 15) is 19.7 Å². The summed E-state index contributed by atoms with van der Waals surface area (Å²) < 4.78 is 10.6. The number of carbonyl (C=O) groups excluding carboxylic acids is 2. The summed E-state index contributed by atoms with van der Waals surface area (Å²) in [5, 5.41) is 11.2. The number of amides is 1. The lowest BCUT2D eigenvalue weighted by atomic mass is 10.1. The van der Waals surface area contributed by atoms with E-state index in [2.05, 4.69) is 4.90 Å². The number of rotatable bonds is 8. The van der Waals surface area contributed by atoms with Crippen LogP contribution in [0, 0.1) is 10.1 Å².